The molecule has 0 aromatic carbocycles. The molecule has 2 atom stereocenters. The van der Waals surface area contributed by atoms with E-state index in [2.05, 4.69) is 0 Å². The van der Waals surface area contributed by atoms with Crippen molar-refractivity contribution >= 4 is 6.16 Å². The molecular formula is C11H22O5. The summed E-state index contributed by atoms with van der Waals surface area (Å²) >= 11 is 0. The van der Waals surface area contributed by atoms with Crippen molar-refractivity contribution in [2.75, 3.05) is 13.2 Å². The van der Waals surface area contributed by atoms with E-state index in [9.17, 15) is 9.90 Å². The maximum Gasteiger partial charge on any atom is 0.508 e. The third-order valence-electron chi connectivity index (χ3n) is 2.15. The Kier molecular flexibility index (Phi) is 8.94. The number of aliphatic hydroxyl groups excluding tert-OH is 2. The van der Waals surface area contributed by atoms with Crippen LogP contribution in [0.4, 0.5) is 4.79 Å². The molecule has 0 heterocycles. The van der Waals surface area contributed by atoms with Crippen molar-refractivity contribution in [1.29, 1.82) is 0 Å². The third-order valence-corrected chi connectivity index (χ3v) is 2.15. The van der Waals surface area contributed by atoms with E-state index in [0.717, 1.165) is 19.3 Å². The van der Waals surface area contributed by atoms with Crippen LogP contribution >= 0.6 is 0 Å². The maximum atomic E-state index is 11.2. The van der Waals surface area contributed by atoms with Gasteiger partial charge < -0.3 is 19.7 Å². The smallest absolute Gasteiger partial charge is 0.434 e. The van der Waals surface area contributed by atoms with Crippen LogP contribution in [-0.2, 0) is 9.47 Å². The molecule has 0 saturated heterocycles. The van der Waals surface area contributed by atoms with Crippen molar-refractivity contribution in [3.05, 3.63) is 0 Å². The molecule has 96 valence electrons. The van der Waals surface area contributed by atoms with E-state index in [1.165, 1.54) is 0 Å². The summed E-state index contributed by atoms with van der Waals surface area (Å²) in [6.07, 6.45) is 0.470. The molecule has 5 nitrogen and oxygen atoms in total. The maximum absolute atomic E-state index is 11.2. The van der Waals surface area contributed by atoms with Crippen LogP contribution < -0.4 is 0 Å². The molecular weight excluding hydrogens is 212 g/mol. The van der Waals surface area contributed by atoms with Crippen LogP contribution in [0.15, 0.2) is 0 Å². The van der Waals surface area contributed by atoms with Gasteiger partial charge in [0.25, 0.3) is 0 Å². The predicted molar refractivity (Wildman–Crippen MR) is 59.1 cm³/mol. The number of hydrogen-bond donors (Lipinski definition) is 2. The Morgan fingerprint density at radius 3 is 2.50 bits per heavy atom. The average molecular weight is 234 g/mol. The van der Waals surface area contributed by atoms with Crippen LogP contribution in [-0.4, -0.2) is 41.8 Å². The summed E-state index contributed by atoms with van der Waals surface area (Å²) in [5.41, 5.74) is 0. The van der Waals surface area contributed by atoms with Crippen molar-refractivity contribution in [3.8, 4) is 0 Å². The average Bonchev–Trinajstić information content (AvgIpc) is 2.28. The number of ether oxygens (including phenoxy) is 2. The summed E-state index contributed by atoms with van der Waals surface area (Å²) in [4.78, 5) is 11.2. The second kappa shape index (κ2) is 9.42. The molecule has 2 N–H and O–H groups in total. The van der Waals surface area contributed by atoms with Crippen molar-refractivity contribution < 1.29 is 24.5 Å². The molecule has 0 bridgehead atoms. The standard InChI is InChI=1S/C11H22O5/c1-3-5-7-15-11(14)16-10(6-4-2)9(13)8-12/h9-10,12-13H,3-8H2,1-2H3. The van der Waals surface area contributed by atoms with Gasteiger partial charge in [-0.25, -0.2) is 4.79 Å². The summed E-state index contributed by atoms with van der Waals surface area (Å²) in [7, 11) is 0. The molecule has 0 radical (unpaired) electrons. The summed E-state index contributed by atoms with van der Waals surface area (Å²) in [6, 6.07) is 0. The molecule has 0 fully saturated rings. The number of rotatable bonds is 8. The van der Waals surface area contributed by atoms with Crippen molar-refractivity contribution in [2.24, 2.45) is 0 Å². The van der Waals surface area contributed by atoms with Crippen LogP contribution in [0.5, 0.6) is 0 Å². The van der Waals surface area contributed by atoms with E-state index in [0.29, 0.717) is 13.0 Å². The first-order chi connectivity index (χ1) is 7.65. The highest BCUT2D eigenvalue weighted by molar-refractivity contribution is 5.60. The Bertz CT molecular complexity index is 183. The Morgan fingerprint density at radius 2 is 2.00 bits per heavy atom. The lowest BCUT2D eigenvalue weighted by Crippen LogP contribution is -2.34. The van der Waals surface area contributed by atoms with E-state index >= 15 is 0 Å². The van der Waals surface area contributed by atoms with Crippen molar-refractivity contribution in [3.63, 3.8) is 0 Å². The summed E-state index contributed by atoms with van der Waals surface area (Å²) in [5, 5.41) is 18.2. The Morgan fingerprint density at radius 1 is 1.31 bits per heavy atom. The van der Waals surface area contributed by atoms with Gasteiger partial charge in [-0.15, -0.1) is 0 Å². The molecule has 0 aliphatic heterocycles. The van der Waals surface area contributed by atoms with Crippen LogP contribution in [0.2, 0.25) is 0 Å². The van der Waals surface area contributed by atoms with Gasteiger partial charge in [0.05, 0.1) is 13.2 Å². The predicted octanol–water partition coefficient (Wildman–Crippen LogP) is 1.46. The number of hydrogen-bond acceptors (Lipinski definition) is 5. The van der Waals surface area contributed by atoms with Crippen LogP contribution in [0.3, 0.4) is 0 Å². The molecule has 0 aliphatic carbocycles. The lowest BCUT2D eigenvalue weighted by Gasteiger charge is -2.20. The molecule has 0 spiro atoms. The second-order valence-corrected chi connectivity index (χ2v) is 3.65. The zero-order valence-electron chi connectivity index (χ0n) is 10.0. The highest BCUT2D eigenvalue weighted by atomic mass is 16.7. The van der Waals surface area contributed by atoms with Gasteiger partial charge in [-0.05, 0) is 12.8 Å². The van der Waals surface area contributed by atoms with Gasteiger partial charge in [0.2, 0.25) is 0 Å². The summed E-state index contributed by atoms with van der Waals surface area (Å²) < 4.78 is 9.72. The third kappa shape index (κ3) is 6.63. The van der Waals surface area contributed by atoms with Crippen LogP contribution in [0.1, 0.15) is 39.5 Å². The van der Waals surface area contributed by atoms with Gasteiger partial charge in [0, 0.05) is 0 Å². The Labute approximate surface area is 96.4 Å². The normalized spacial score (nSPS) is 14.2. The second-order valence-electron chi connectivity index (χ2n) is 3.65. The van der Waals surface area contributed by atoms with Gasteiger partial charge in [-0.2, -0.15) is 0 Å². The largest absolute Gasteiger partial charge is 0.508 e. The zero-order chi connectivity index (χ0) is 12.4. The molecule has 5 heteroatoms. The van der Waals surface area contributed by atoms with Gasteiger partial charge in [0.1, 0.15) is 12.2 Å². The molecule has 0 aliphatic rings. The van der Waals surface area contributed by atoms with Crippen molar-refractivity contribution in [1.82, 2.24) is 0 Å². The molecule has 16 heavy (non-hydrogen) atoms. The van der Waals surface area contributed by atoms with E-state index in [1.54, 1.807) is 0 Å². The molecule has 0 aromatic heterocycles. The lowest BCUT2D eigenvalue weighted by molar-refractivity contribution is -0.0522. The summed E-state index contributed by atoms with van der Waals surface area (Å²) in [5.74, 6) is 0. The van der Waals surface area contributed by atoms with Gasteiger partial charge >= 0.3 is 6.16 Å². The Balaban J connectivity index is 3.92. The van der Waals surface area contributed by atoms with Gasteiger partial charge in [-0.3, -0.25) is 0 Å². The Hall–Kier alpha value is -0.810. The molecule has 2 unspecified atom stereocenters. The minimum Gasteiger partial charge on any atom is -0.434 e. The van der Waals surface area contributed by atoms with E-state index in [4.69, 9.17) is 14.6 Å². The number of unbranched alkanes of at least 4 members (excludes halogenated alkanes) is 1. The number of aliphatic hydroxyl groups is 2. The van der Waals surface area contributed by atoms with E-state index in [-0.39, 0.29) is 0 Å². The van der Waals surface area contributed by atoms with Crippen molar-refractivity contribution in [2.45, 2.75) is 51.7 Å². The minimum absolute atomic E-state index is 0.323. The number of carbonyl (C=O) groups excluding carboxylic acids is 1. The highest BCUT2D eigenvalue weighted by Gasteiger charge is 2.22. The highest BCUT2D eigenvalue weighted by Crippen LogP contribution is 2.09. The molecule has 0 amide bonds. The van der Waals surface area contributed by atoms with Gasteiger partial charge in [-0.1, -0.05) is 26.7 Å². The van der Waals surface area contributed by atoms with E-state index in [1.807, 2.05) is 13.8 Å². The first kappa shape index (κ1) is 15.2. The first-order valence-corrected chi connectivity index (χ1v) is 5.78. The van der Waals surface area contributed by atoms with Gasteiger partial charge in [0.15, 0.2) is 0 Å². The molecule has 0 aromatic rings. The van der Waals surface area contributed by atoms with Crippen LogP contribution in [0.25, 0.3) is 0 Å². The lowest BCUT2D eigenvalue weighted by atomic mass is 10.1. The zero-order valence-corrected chi connectivity index (χ0v) is 10.0. The van der Waals surface area contributed by atoms with E-state index < -0.39 is 25.0 Å². The summed E-state index contributed by atoms with van der Waals surface area (Å²) in [6.45, 7) is 3.79. The quantitative estimate of drug-likeness (QED) is 0.491. The molecule has 0 rings (SSSR count). The topological polar surface area (TPSA) is 76.0 Å². The monoisotopic (exact) mass is 234 g/mol. The first-order valence-electron chi connectivity index (χ1n) is 5.78. The fourth-order valence-corrected chi connectivity index (χ4v) is 1.19. The SMILES string of the molecule is CCCCOC(=O)OC(CCC)C(O)CO. The number of carbonyl (C=O) groups is 1. The fourth-order valence-electron chi connectivity index (χ4n) is 1.19. The fraction of sp³-hybridized carbons (Fsp3) is 0.909. The minimum atomic E-state index is -1.04. The van der Waals surface area contributed by atoms with Crippen LogP contribution in [0, 0.1) is 0 Å². The molecule has 0 saturated carbocycles.